The van der Waals surface area contributed by atoms with Crippen LogP contribution in [0.2, 0.25) is 5.02 Å². The first-order valence-corrected chi connectivity index (χ1v) is 6.12. The minimum Gasteiger partial charge on any atom is -0.326 e. The fourth-order valence-corrected chi connectivity index (χ4v) is 1.67. The molecule has 1 unspecified atom stereocenters. The molecule has 0 saturated heterocycles. The Hall–Kier alpha value is -0.580. The molecule has 0 aliphatic carbocycles. The largest absolute Gasteiger partial charge is 0.326 e. The second kappa shape index (κ2) is 6.23. The predicted octanol–water partition coefficient (Wildman–Crippen LogP) is 2.90. The number of benzene rings is 1. The molecular formula is C11H14BrClN2O. The van der Waals surface area contributed by atoms with Gasteiger partial charge in [-0.2, -0.15) is 0 Å². The van der Waals surface area contributed by atoms with Crippen LogP contribution in [0.1, 0.15) is 6.92 Å². The third-order valence-electron chi connectivity index (χ3n) is 2.15. The smallest absolute Gasteiger partial charge is 0.228 e. The van der Waals surface area contributed by atoms with Gasteiger partial charge in [0.25, 0.3) is 0 Å². The molecule has 88 valence electrons. The van der Waals surface area contributed by atoms with E-state index in [4.69, 9.17) is 11.6 Å². The van der Waals surface area contributed by atoms with Gasteiger partial charge in [-0.15, -0.1) is 0 Å². The van der Waals surface area contributed by atoms with Gasteiger partial charge in [0.1, 0.15) is 0 Å². The average molecular weight is 306 g/mol. The molecule has 0 aliphatic heterocycles. The molecule has 0 aromatic heterocycles. The third kappa shape index (κ3) is 3.77. The van der Waals surface area contributed by atoms with Gasteiger partial charge in [-0.3, -0.25) is 4.79 Å². The van der Waals surface area contributed by atoms with Gasteiger partial charge in [0.2, 0.25) is 5.91 Å². The number of rotatable bonds is 4. The van der Waals surface area contributed by atoms with Gasteiger partial charge in [0.15, 0.2) is 0 Å². The Morgan fingerprint density at radius 3 is 2.81 bits per heavy atom. The van der Waals surface area contributed by atoms with E-state index in [2.05, 4.69) is 26.6 Å². The maximum atomic E-state index is 11.7. The molecular weight excluding hydrogens is 291 g/mol. The van der Waals surface area contributed by atoms with E-state index in [9.17, 15) is 4.79 Å². The van der Waals surface area contributed by atoms with Crippen molar-refractivity contribution >= 4 is 39.1 Å². The van der Waals surface area contributed by atoms with Gasteiger partial charge < -0.3 is 10.6 Å². The fourth-order valence-electron chi connectivity index (χ4n) is 1.24. The van der Waals surface area contributed by atoms with E-state index in [1.165, 1.54) is 0 Å². The van der Waals surface area contributed by atoms with Crippen LogP contribution in [0.25, 0.3) is 0 Å². The summed E-state index contributed by atoms with van der Waals surface area (Å²) >= 11 is 9.22. The maximum absolute atomic E-state index is 11.7. The first-order chi connectivity index (χ1) is 7.54. The zero-order valence-corrected chi connectivity index (χ0v) is 11.5. The van der Waals surface area contributed by atoms with E-state index in [-0.39, 0.29) is 11.8 Å². The second-order valence-corrected chi connectivity index (χ2v) is 4.84. The first-order valence-electron chi connectivity index (χ1n) is 4.95. The van der Waals surface area contributed by atoms with Crippen molar-refractivity contribution in [2.45, 2.75) is 6.92 Å². The normalized spacial score (nSPS) is 12.2. The number of carbonyl (C=O) groups excluding carboxylic acids is 1. The highest BCUT2D eigenvalue weighted by molar-refractivity contribution is 9.10. The molecule has 0 spiro atoms. The summed E-state index contributed by atoms with van der Waals surface area (Å²) in [6, 6.07) is 5.33. The molecule has 0 saturated carbocycles. The molecule has 0 fully saturated rings. The highest BCUT2D eigenvalue weighted by atomic mass is 79.9. The highest BCUT2D eigenvalue weighted by Gasteiger charge is 2.12. The molecule has 0 bridgehead atoms. The lowest BCUT2D eigenvalue weighted by Crippen LogP contribution is -2.28. The number of hydrogen-bond donors (Lipinski definition) is 2. The van der Waals surface area contributed by atoms with Crippen molar-refractivity contribution in [1.82, 2.24) is 5.32 Å². The van der Waals surface area contributed by atoms with Crippen LogP contribution in [-0.4, -0.2) is 19.5 Å². The lowest BCUT2D eigenvalue weighted by atomic mass is 10.1. The summed E-state index contributed by atoms with van der Waals surface area (Å²) in [5, 5.41) is 6.35. The Labute approximate surface area is 109 Å². The molecule has 1 amide bonds. The van der Waals surface area contributed by atoms with E-state index >= 15 is 0 Å². The van der Waals surface area contributed by atoms with Crippen LogP contribution < -0.4 is 10.6 Å². The SMILES string of the molecule is CNCC(C)C(=O)Nc1ccc(Br)c(Cl)c1. The lowest BCUT2D eigenvalue weighted by molar-refractivity contribution is -0.119. The van der Waals surface area contributed by atoms with Crippen molar-refractivity contribution < 1.29 is 4.79 Å². The number of nitrogens with one attached hydrogen (secondary N) is 2. The molecule has 0 radical (unpaired) electrons. The quantitative estimate of drug-likeness (QED) is 0.898. The molecule has 1 atom stereocenters. The summed E-state index contributed by atoms with van der Waals surface area (Å²) in [6.07, 6.45) is 0. The molecule has 3 nitrogen and oxygen atoms in total. The van der Waals surface area contributed by atoms with Crippen molar-refractivity contribution in [2.75, 3.05) is 18.9 Å². The highest BCUT2D eigenvalue weighted by Crippen LogP contribution is 2.25. The summed E-state index contributed by atoms with van der Waals surface area (Å²) in [7, 11) is 1.82. The van der Waals surface area contributed by atoms with E-state index in [0.29, 0.717) is 17.3 Å². The lowest BCUT2D eigenvalue weighted by Gasteiger charge is -2.11. The minimum atomic E-state index is -0.0765. The van der Waals surface area contributed by atoms with Crippen LogP contribution in [0.5, 0.6) is 0 Å². The van der Waals surface area contributed by atoms with Crippen molar-refractivity contribution in [2.24, 2.45) is 5.92 Å². The topological polar surface area (TPSA) is 41.1 Å². The van der Waals surface area contributed by atoms with Crippen LogP contribution in [0.3, 0.4) is 0 Å². The predicted molar refractivity (Wildman–Crippen MR) is 70.9 cm³/mol. The van der Waals surface area contributed by atoms with Crippen molar-refractivity contribution in [3.05, 3.63) is 27.7 Å². The van der Waals surface area contributed by atoms with Crippen LogP contribution >= 0.6 is 27.5 Å². The van der Waals surface area contributed by atoms with E-state index in [1.807, 2.05) is 14.0 Å². The number of amides is 1. The number of halogens is 2. The Morgan fingerprint density at radius 1 is 1.56 bits per heavy atom. The molecule has 1 aromatic rings. The van der Waals surface area contributed by atoms with Crippen LogP contribution in [-0.2, 0) is 4.79 Å². The van der Waals surface area contributed by atoms with Gasteiger partial charge >= 0.3 is 0 Å². The molecule has 16 heavy (non-hydrogen) atoms. The van der Waals surface area contributed by atoms with Crippen LogP contribution in [0.15, 0.2) is 22.7 Å². The molecule has 5 heteroatoms. The summed E-state index contributed by atoms with van der Waals surface area (Å²) in [5.74, 6) is -0.0971. The monoisotopic (exact) mass is 304 g/mol. The summed E-state index contributed by atoms with van der Waals surface area (Å²) in [4.78, 5) is 11.7. The average Bonchev–Trinajstić information content (AvgIpc) is 2.24. The van der Waals surface area contributed by atoms with Crippen molar-refractivity contribution in [1.29, 1.82) is 0 Å². The molecule has 1 aromatic carbocycles. The fraction of sp³-hybridized carbons (Fsp3) is 0.364. The Kier molecular flexibility index (Phi) is 5.25. The Bertz CT molecular complexity index is 384. The molecule has 0 aliphatic rings. The molecule has 2 N–H and O–H groups in total. The van der Waals surface area contributed by atoms with E-state index < -0.39 is 0 Å². The summed E-state index contributed by atoms with van der Waals surface area (Å²) in [5.41, 5.74) is 0.709. The number of hydrogen-bond acceptors (Lipinski definition) is 2. The van der Waals surface area contributed by atoms with Crippen molar-refractivity contribution in [3.8, 4) is 0 Å². The van der Waals surface area contributed by atoms with E-state index in [1.54, 1.807) is 18.2 Å². The van der Waals surface area contributed by atoms with E-state index in [0.717, 1.165) is 4.47 Å². The van der Waals surface area contributed by atoms with Crippen LogP contribution in [0.4, 0.5) is 5.69 Å². The van der Waals surface area contributed by atoms with Crippen molar-refractivity contribution in [3.63, 3.8) is 0 Å². The minimum absolute atomic E-state index is 0.0206. The maximum Gasteiger partial charge on any atom is 0.228 e. The molecule has 1 rings (SSSR count). The van der Waals surface area contributed by atoms with Gasteiger partial charge in [0.05, 0.1) is 5.02 Å². The Balaban J connectivity index is 2.66. The second-order valence-electron chi connectivity index (χ2n) is 3.58. The zero-order valence-electron chi connectivity index (χ0n) is 9.18. The Morgan fingerprint density at radius 2 is 2.25 bits per heavy atom. The summed E-state index contributed by atoms with van der Waals surface area (Å²) < 4.78 is 0.815. The van der Waals surface area contributed by atoms with Crippen LogP contribution in [0, 0.1) is 5.92 Å². The number of carbonyl (C=O) groups is 1. The number of anilines is 1. The van der Waals surface area contributed by atoms with Gasteiger partial charge in [0, 0.05) is 22.6 Å². The third-order valence-corrected chi connectivity index (χ3v) is 3.38. The van der Waals surface area contributed by atoms with Gasteiger partial charge in [-0.05, 0) is 41.2 Å². The van der Waals surface area contributed by atoms with Gasteiger partial charge in [-0.25, -0.2) is 0 Å². The first kappa shape index (κ1) is 13.5. The summed E-state index contributed by atoms with van der Waals surface area (Å²) in [6.45, 7) is 2.52. The molecule has 0 heterocycles. The van der Waals surface area contributed by atoms with Gasteiger partial charge in [-0.1, -0.05) is 18.5 Å². The zero-order chi connectivity index (χ0) is 12.1. The standard InChI is InChI=1S/C11H14BrClN2O/c1-7(6-14-2)11(16)15-8-3-4-9(12)10(13)5-8/h3-5,7,14H,6H2,1-2H3,(H,15,16).